The Morgan fingerprint density at radius 1 is 1.25 bits per heavy atom. The van der Waals surface area contributed by atoms with Crippen molar-refractivity contribution >= 4 is 23.2 Å². The lowest BCUT2D eigenvalue weighted by Gasteiger charge is -2.08. The fraction of sp³-hybridized carbons (Fsp3) is 0.545. The van der Waals surface area contributed by atoms with Gasteiger partial charge < -0.3 is 9.47 Å². The van der Waals surface area contributed by atoms with Crippen LogP contribution in [0.25, 0.3) is 0 Å². The molecule has 0 aliphatic heterocycles. The zero-order valence-corrected chi connectivity index (χ0v) is 10.9. The van der Waals surface area contributed by atoms with E-state index in [0.717, 1.165) is 5.56 Å². The van der Waals surface area contributed by atoms with Crippen LogP contribution in [0.2, 0.25) is 10.3 Å². The van der Waals surface area contributed by atoms with E-state index in [2.05, 4.69) is 4.98 Å². The van der Waals surface area contributed by atoms with Crippen LogP contribution >= 0.6 is 23.2 Å². The van der Waals surface area contributed by atoms with Crippen LogP contribution in [0.4, 0.5) is 0 Å². The van der Waals surface area contributed by atoms with Gasteiger partial charge in [-0.2, -0.15) is 0 Å². The minimum Gasteiger partial charge on any atom is -0.376 e. The van der Waals surface area contributed by atoms with Gasteiger partial charge in [0.15, 0.2) is 0 Å². The summed E-state index contributed by atoms with van der Waals surface area (Å²) in [6, 6.07) is 3.50. The first-order valence-corrected chi connectivity index (χ1v) is 5.85. The first kappa shape index (κ1) is 13.7. The average molecular weight is 264 g/mol. The SMILES string of the molecule is CC(C)OCCOCc1ccc(Cl)nc1Cl. The number of hydrogen-bond donors (Lipinski definition) is 0. The molecule has 0 radical (unpaired) electrons. The normalized spacial score (nSPS) is 11.1. The minimum atomic E-state index is 0.226. The van der Waals surface area contributed by atoms with E-state index >= 15 is 0 Å². The van der Waals surface area contributed by atoms with Gasteiger partial charge in [0.25, 0.3) is 0 Å². The van der Waals surface area contributed by atoms with E-state index in [1.165, 1.54) is 0 Å². The quantitative estimate of drug-likeness (QED) is 0.583. The molecule has 1 aromatic heterocycles. The van der Waals surface area contributed by atoms with Crippen LogP contribution < -0.4 is 0 Å². The van der Waals surface area contributed by atoms with Crippen LogP contribution in [-0.4, -0.2) is 24.3 Å². The topological polar surface area (TPSA) is 31.4 Å². The van der Waals surface area contributed by atoms with E-state index in [0.29, 0.717) is 30.1 Å². The molecule has 1 rings (SSSR count). The minimum absolute atomic E-state index is 0.226. The Morgan fingerprint density at radius 2 is 2.00 bits per heavy atom. The first-order valence-electron chi connectivity index (χ1n) is 5.10. The Bertz CT molecular complexity index is 332. The highest BCUT2D eigenvalue weighted by Crippen LogP contribution is 2.17. The summed E-state index contributed by atoms with van der Waals surface area (Å²) in [6.07, 6.45) is 0.226. The third-order valence-corrected chi connectivity index (χ3v) is 2.37. The van der Waals surface area contributed by atoms with Crippen LogP contribution in [0.5, 0.6) is 0 Å². The molecule has 0 amide bonds. The molecule has 0 saturated carbocycles. The molecule has 0 aliphatic rings. The number of nitrogens with zero attached hydrogens (tertiary/aromatic N) is 1. The molecule has 3 nitrogen and oxygen atoms in total. The maximum absolute atomic E-state index is 5.89. The fourth-order valence-corrected chi connectivity index (χ4v) is 1.47. The zero-order chi connectivity index (χ0) is 12.0. The summed E-state index contributed by atoms with van der Waals surface area (Å²) in [5.41, 5.74) is 0.829. The average Bonchev–Trinajstić information content (AvgIpc) is 2.20. The maximum Gasteiger partial charge on any atom is 0.136 e. The monoisotopic (exact) mass is 263 g/mol. The summed E-state index contributed by atoms with van der Waals surface area (Å²) < 4.78 is 10.7. The molecular formula is C11H15Cl2NO2. The van der Waals surface area contributed by atoms with Crippen molar-refractivity contribution in [3.05, 3.63) is 28.0 Å². The van der Waals surface area contributed by atoms with E-state index in [1.54, 1.807) is 12.1 Å². The van der Waals surface area contributed by atoms with E-state index in [-0.39, 0.29) is 6.10 Å². The molecule has 0 fully saturated rings. The Labute approximate surface area is 106 Å². The van der Waals surface area contributed by atoms with Crippen LogP contribution in [0, 0.1) is 0 Å². The number of halogens is 2. The van der Waals surface area contributed by atoms with Crippen molar-refractivity contribution in [2.24, 2.45) is 0 Å². The molecule has 0 aliphatic carbocycles. The number of hydrogen-bond acceptors (Lipinski definition) is 3. The molecule has 0 atom stereocenters. The molecule has 0 aromatic carbocycles. The van der Waals surface area contributed by atoms with Crippen molar-refractivity contribution in [3.8, 4) is 0 Å². The second-order valence-corrected chi connectivity index (χ2v) is 4.30. The van der Waals surface area contributed by atoms with Crippen molar-refractivity contribution in [1.29, 1.82) is 0 Å². The lowest BCUT2D eigenvalue weighted by atomic mass is 10.3. The summed E-state index contributed by atoms with van der Waals surface area (Å²) >= 11 is 11.6. The summed E-state index contributed by atoms with van der Waals surface area (Å²) in [7, 11) is 0. The van der Waals surface area contributed by atoms with E-state index in [4.69, 9.17) is 32.7 Å². The molecule has 0 bridgehead atoms. The van der Waals surface area contributed by atoms with Crippen molar-refractivity contribution in [3.63, 3.8) is 0 Å². The van der Waals surface area contributed by atoms with Gasteiger partial charge >= 0.3 is 0 Å². The third kappa shape index (κ3) is 5.12. The third-order valence-electron chi connectivity index (χ3n) is 1.83. The second-order valence-electron chi connectivity index (χ2n) is 3.56. The summed E-state index contributed by atoms with van der Waals surface area (Å²) in [5, 5.41) is 0.772. The predicted molar refractivity (Wildman–Crippen MR) is 65.0 cm³/mol. The molecule has 5 heteroatoms. The van der Waals surface area contributed by atoms with Gasteiger partial charge in [-0.05, 0) is 19.9 Å². The van der Waals surface area contributed by atoms with Crippen molar-refractivity contribution in [2.75, 3.05) is 13.2 Å². The van der Waals surface area contributed by atoms with Gasteiger partial charge in [-0.3, -0.25) is 0 Å². The zero-order valence-electron chi connectivity index (χ0n) is 9.37. The van der Waals surface area contributed by atoms with Crippen molar-refractivity contribution in [1.82, 2.24) is 4.98 Å². The highest BCUT2D eigenvalue weighted by Gasteiger charge is 2.02. The van der Waals surface area contributed by atoms with Crippen LogP contribution in [-0.2, 0) is 16.1 Å². The molecule has 1 heterocycles. The highest BCUT2D eigenvalue weighted by atomic mass is 35.5. The number of aromatic nitrogens is 1. The van der Waals surface area contributed by atoms with Gasteiger partial charge in [0.2, 0.25) is 0 Å². The van der Waals surface area contributed by atoms with Crippen LogP contribution in [0.15, 0.2) is 12.1 Å². The van der Waals surface area contributed by atoms with Gasteiger partial charge in [-0.25, -0.2) is 4.98 Å². The van der Waals surface area contributed by atoms with Crippen LogP contribution in [0.3, 0.4) is 0 Å². The second kappa shape index (κ2) is 7.07. The van der Waals surface area contributed by atoms with E-state index < -0.39 is 0 Å². The number of rotatable bonds is 6. The van der Waals surface area contributed by atoms with Gasteiger partial charge in [0.1, 0.15) is 10.3 Å². The number of pyridine rings is 1. The molecular weight excluding hydrogens is 249 g/mol. The van der Waals surface area contributed by atoms with Gasteiger partial charge in [-0.1, -0.05) is 29.3 Å². The Morgan fingerprint density at radius 3 is 2.62 bits per heavy atom. The first-order chi connectivity index (χ1) is 7.59. The maximum atomic E-state index is 5.89. The summed E-state index contributed by atoms with van der Waals surface area (Å²) in [5.74, 6) is 0. The molecule has 16 heavy (non-hydrogen) atoms. The fourth-order valence-electron chi connectivity index (χ4n) is 1.07. The number of ether oxygens (including phenoxy) is 2. The smallest absolute Gasteiger partial charge is 0.136 e. The largest absolute Gasteiger partial charge is 0.376 e. The van der Waals surface area contributed by atoms with Gasteiger partial charge in [-0.15, -0.1) is 0 Å². The van der Waals surface area contributed by atoms with E-state index in [9.17, 15) is 0 Å². The molecule has 0 saturated heterocycles. The molecule has 0 spiro atoms. The molecule has 1 aromatic rings. The lowest BCUT2D eigenvalue weighted by molar-refractivity contribution is 0.0142. The van der Waals surface area contributed by atoms with Crippen molar-refractivity contribution in [2.45, 2.75) is 26.6 Å². The summed E-state index contributed by atoms with van der Waals surface area (Å²) in [6.45, 7) is 5.51. The Hall–Kier alpha value is -0.350. The molecule has 90 valence electrons. The lowest BCUT2D eigenvalue weighted by Crippen LogP contribution is -2.09. The van der Waals surface area contributed by atoms with E-state index in [1.807, 2.05) is 13.8 Å². The highest BCUT2D eigenvalue weighted by molar-refractivity contribution is 6.32. The Kier molecular flexibility index (Phi) is 6.06. The standard InChI is InChI=1S/C11H15Cl2NO2/c1-8(2)16-6-5-15-7-9-3-4-10(12)14-11(9)13/h3-4,8H,5-7H2,1-2H3. The van der Waals surface area contributed by atoms with Crippen LogP contribution in [0.1, 0.15) is 19.4 Å². The van der Waals surface area contributed by atoms with Gasteiger partial charge in [0.05, 0.1) is 25.9 Å². The summed E-state index contributed by atoms with van der Waals surface area (Å²) in [4.78, 5) is 3.92. The molecule has 0 unspecified atom stereocenters. The predicted octanol–water partition coefficient (Wildman–Crippen LogP) is 3.33. The molecule has 0 N–H and O–H groups in total. The van der Waals surface area contributed by atoms with Gasteiger partial charge in [0, 0.05) is 5.56 Å². The Balaban J connectivity index is 2.27. The van der Waals surface area contributed by atoms with Crippen molar-refractivity contribution < 1.29 is 9.47 Å².